The summed E-state index contributed by atoms with van der Waals surface area (Å²) in [7, 11) is 2.51. The molecule has 244 valence electrons. The molecule has 0 radical (unpaired) electrons. The van der Waals surface area contributed by atoms with E-state index >= 15 is 0 Å². The zero-order valence-corrected chi connectivity index (χ0v) is 26.1. The number of ketones is 2. The summed E-state index contributed by atoms with van der Waals surface area (Å²) in [5, 5.41) is 11.1. The van der Waals surface area contributed by atoms with Crippen molar-refractivity contribution in [2.75, 3.05) is 37.9 Å². The number of anilines is 2. The number of fused-ring (bicyclic) bond motifs is 2. The Bertz CT molecular complexity index is 1740. The molecular weight excluding hydrogens is 616 g/mol. The van der Waals surface area contributed by atoms with Crippen LogP contribution in [-0.2, 0) is 28.7 Å². The monoisotopic (exact) mass is 648 g/mol. The Morgan fingerprint density at radius 2 is 0.917 bits per heavy atom. The van der Waals surface area contributed by atoms with E-state index < -0.39 is 41.6 Å². The van der Waals surface area contributed by atoms with Crippen LogP contribution in [0.15, 0.2) is 97.1 Å². The highest BCUT2D eigenvalue weighted by Crippen LogP contribution is 2.31. The number of carbonyl (C=O) groups is 6. The second kappa shape index (κ2) is 15.1. The Kier molecular flexibility index (Phi) is 10.5. The lowest BCUT2D eigenvalue weighted by Crippen LogP contribution is -2.36. The molecule has 0 aromatic heterocycles. The molecule has 0 unspecified atom stereocenters. The predicted octanol–water partition coefficient (Wildman–Crippen LogP) is 3.35. The maximum atomic E-state index is 13.6. The highest BCUT2D eigenvalue weighted by Gasteiger charge is 2.31. The molecule has 2 amide bonds. The molecule has 4 aromatic carbocycles. The van der Waals surface area contributed by atoms with Gasteiger partial charge in [-0.2, -0.15) is 0 Å². The Morgan fingerprint density at radius 3 is 1.29 bits per heavy atom. The van der Waals surface area contributed by atoms with Crippen LogP contribution in [0.5, 0.6) is 0 Å². The van der Waals surface area contributed by atoms with Crippen molar-refractivity contribution in [2.24, 2.45) is 0 Å². The summed E-state index contributed by atoms with van der Waals surface area (Å²) in [6.07, 6.45) is 0. The van der Waals surface area contributed by atoms with E-state index in [4.69, 9.17) is 9.47 Å². The summed E-state index contributed by atoms with van der Waals surface area (Å²) in [5.41, 5.74) is 2.31. The smallest absolute Gasteiger partial charge is 0.327 e. The van der Waals surface area contributed by atoms with Gasteiger partial charge < -0.3 is 20.1 Å². The van der Waals surface area contributed by atoms with E-state index in [1.54, 1.807) is 60.7 Å². The van der Waals surface area contributed by atoms with Gasteiger partial charge in [-0.1, -0.05) is 60.7 Å². The van der Waals surface area contributed by atoms with Crippen LogP contribution in [0.3, 0.4) is 0 Å². The number of nitrogens with one attached hydrogen (secondary N) is 4. The molecular formula is C36H32N4O8. The van der Waals surface area contributed by atoms with E-state index in [-0.39, 0.29) is 52.5 Å². The van der Waals surface area contributed by atoms with Crippen LogP contribution in [0.25, 0.3) is 0 Å². The molecule has 12 nitrogen and oxygen atoms in total. The van der Waals surface area contributed by atoms with Crippen LogP contribution in [-0.4, -0.2) is 62.6 Å². The molecule has 12 heteroatoms. The van der Waals surface area contributed by atoms with Crippen molar-refractivity contribution in [1.82, 2.24) is 10.6 Å². The minimum Gasteiger partial charge on any atom is -0.468 e. The molecule has 5 rings (SSSR count). The number of ether oxygens (including phenoxy) is 2. The zero-order chi connectivity index (χ0) is 34.2. The fourth-order valence-electron chi connectivity index (χ4n) is 5.31. The summed E-state index contributed by atoms with van der Waals surface area (Å²) < 4.78 is 9.73. The summed E-state index contributed by atoms with van der Waals surface area (Å²) in [4.78, 5) is 77.1. The Hall–Kier alpha value is -5.98. The van der Waals surface area contributed by atoms with Crippen LogP contribution in [0.2, 0.25) is 0 Å². The van der Waals surface area contributed by atoms with Gasteiger partial charge >= 0.3 is 11.9 Å². The summed E-state index contributed by atoms with van der Waals surface area (Å²) in [6, 6.07) is 24.6. The standard InChI is InChI=1S/C36H32N4O8/c1-47-35(45)31(21-9-5-3-6-10-21)37-19-29(41)39-23-13-15-25-27(17-23)34(44)28-18-24(14-16-26(28)33(25)43)40-30(42)20-38-32(36(46)48-2)22-11-7-4-8-12-22/h3-18,31-32,37-38H,19-20H2,1-2H3,(H,39,41)(H,40,42)/t31-,32-/m0/s1. The summed E-state index contributed by atoms with van der Waals surface area (Å²) >= 11 is 0. The van der Waals surface area contributed by atoms with Crippen LogP contribution >= 0.6 is 0 Å². The van der Waals surface area contributed by atoms with Crippen molar-refractivity contribution >= 4 is 46.7 Å². The molecule has 48 heavy (non-hydrogen) atoms. The Morgan fingerprint density at radius 1 is 0.542 bits per heavy atom. The van der Waals surface area contributed by atoms with Gasteiger partial charge in [-0.25, -0.2) is 9.59 Å². The van der Waals surface area contributed by atoms with E-state index in [1.165, 1.54) is 50.6 Å². The number of benzene rings is 4. The van der Waals surface area contributed by atoms with Gasteiger partial charge in [-0.3, -0.25) is 29.8 Å². The highest BCUT2D eigenvalue weighted by atomic mass is 16.5. The van der Waals surface area contributed by atoms with Crippen molar-refractivity contribution in [3.8, 4) is 0 Å². The largest absolute Gasteiger partial charge is 0.468 e. The average molecular weight is 649 g/mol. The topological polar surface area (TPSA) is 169 Å². The molecule has 1 aliphatic rings. The molecule has 0 bridgehead atoms. The van der Waals surface area contributed by atoms with E-state index in [1.807, 2.05) is 0 Å². The highest BCUT2D eigenvalue weighted by molar-refractivity contribution is 6.29. The van der Waals surface area contributed by atoms with E-state index in [0.29, 0.717) is 11.1 Å². The number of hydrogen-bond donors (Lipinski definition) is 4. The summed E-state index contributed by atoms with van der Waals surface area (Å²) in [6.45, 7) is -0.490. The van der Waals surface area contributed by atoms with Gasteiger partial charge in [0, 0.05) is 33.6 Å². The molecule has 0 fully saturated rings. The lowest BCUT2D eigenvalue weighted by molar-refractivity contribution is -0.144. The number of methoxy groups -OCH3 is 2. The van der Waals surface area contributed by atoms with Crippen LogP contribution in [0, 0.1) is 0 Å². The number of amides is 2. The minimum absolute atomic E-state index is 0.0870. The number of esters is 2. The van der Waals surface area contributed by atoms with Crippen molar-refractivity contribution in [1.29, 1.82) is 0 Å². The Balaban J connectivity index is 1.25. The van der Waals surface area contributed by atoms with Crippen molar-refractivity contribution in [2.45, 2.75) is 12.1 Å². The third kappa shape index (κ3) is 7.52. The van der Waals surface area contributed by atoms with Gasteiger partial charge in [-0.05, 0) is 47.5 Å². The normalized spacial score (nSPS) is 13.0. The predicted molar refractivity (Wildman–Crippen MR) is 175 cm³/mol. The van der Waals surface area contributed by atoms with Crippen LogP contribution in [0.1, 0.15) is 55.1 Å². The molecule has 0 saturated heterocycles. The van der Waals surface area contributed by atoms with Crippen LogP contribution < -0.4 is 21.3 Å². The second-order valence-corrected chi connectivity index (χ2v) is 10.8. The summed E-state index contributed by atoms with van der Waals surface area (Å²) in [5.74, 6) is -2.95. The zero-order valence-electron chi connectivity index (χ0n) is 26.1. The molecule has 0 heterocycles. The van der Waals surface area contributed by atoms with Crippen LogP contribution in [0.4, 0.5) is 11.4 Å². The first kappa shape index (κ1) is 33.4. The first-order chi connectivity index (χ1) is 23.2. The van der Waals surface area contributed by atoms with Gasteiger partial charge in [0.25, 0.3) is 0 Å². The lowest BCUT2D eigenvalue weighted by Gasteiger charge is -2.20. The molecule has 0 spiro atoms. The van der Waals surface area contributed by atoms with Gasteiger partial charge in [0.1, 0.15) is 12.1 Å². The average Bonchev–Trinajstić information content (AvgIpc) is 3.11. The lowest BCUT2D eigenvalue weighted by atomic mass is 9.83. The second-order valence-electron chi connectivity index (χ2n) is 10.8. The first-order valence-electron chi connectivity index (χ1n) is 14.9. The van der Waals surface area contributed by atoms with Gasteiger partial charge in [0.2, 0.25) is 11.8 Å². The third-order valence-corrected chi connectivity index (χ3v) is 7.66. The van der Waals surface area contributed by atoms with Gasteiger partial charge in [0.05, 0.1) is 27.3 Å². The maximum absolute atomic E-state index is 13.6. The fraction of sp³-hybridized carbons (Fsp3) is 0.167. The van der Waals surface area contributed by atoms with Crippen molar-refractivity contribution in [3.63, 3.8) is 0 Å². The van der Waals surface area contributed by atoms with Gasteiger partial charge in [0.15, 0.2) is 11.6 Å². The number of rotatable bonds is 12. The maximum Gasteiger partial charge on any atom is 0.327 e. The SMILES string of the molecule is COC(=O)[C@@H](NCC(=O)Nc1ccc2c(c1)C(=O)c1cc(NC(=O)CN[C@H](C(=O)OC)c3ccccc3)ccc1C2=O)c1ccccc1. The number of carbonyl (C=O) groups excluding carboxylic acids is 6. The third-order valence-electron chi connectivity index (χ3n) is 7.66. The van der Waals surface area contributed by atoms with E-state index in [0.717, 1.165) is 0 Å². The van der Waals surface area contributed by atoms with E-state index in [9.17, 15) is 28.8 Å². The van der Waals surface area contributed by atoms with Crippen molar-refractivity contribution < 1.29 is 38.2 Å². The molecule has 2 atom stereocenters. The molecule has 4 N–H and O–H groups in total. The molecule has 1 aliphatic carbocycles. The van der Waals surface area contributed by atoms with Crippen molar-refractivity contribution in [3.05, 3.63) is 130 Å². The molecule has 0 saturated carbocycles. The number of hydrogen-bond acceptors (Lipinski definition) is 10. The van der Waals surface area contributed by atoms with E-state index in [2.05, 4.69) is 21.3 Å². The molecule has 4 aromatic rings. The minimum atomic E-state index is -0.871. The Labute approximate surface area is 275 Å². The fourth-order valence-corrected chi connectivity index (χ4v) is 5.31. The first-order valence-corrected chi connectivity index (χ1v) is 14.9. The molecule has 0 aliphatic heterocycles. The quantitative estimate of drug-likeness (QED) is 0.147. The van der Waals surface area contributed by atoms with Gasteiger partial charge in [-0.15, -0.1) is 0 Å².